The van der Waals surface area contributed by atoms with Crippen molar-refractivity contribution in [2.75, 3.05) is 14.2 Å². The van der Waals surface area contributed by atoms with Crippen LogP contribution in [0.3, 0.4) is 0 Å². The van der Waals surface area contributed by atoms with Gasteiger partial charge in [0.15, 0.2) is 0 Å². The fourth-order valence-electron chi connectivity index (χ4n) is 2.31. The number of rotatable bonds is 6. The van der Waals surface area contributed by atoms with Crippen molar-refractivity contribution in [3.05, 3.63) is 23.9 Å². The van der Waals surface area contributed by atoms with Crippen LogP contribution in [-0.2, 0) is 25.5 Å². The molecular weight excluding hydrogens is 302 g/mol. The molecule has 1 fully saturated rings. The molecule has 1 aliphatic heterocycles. The van der Waals surface area contributed by atoms with Crippen molar-refractivity contribution in [2.24, 2.45) is 0 Å². The summed E-state index contributed by atoms with van der Waals surface area (Å²) in [7, 11) is 2.76. The number of methoxy groups -OCH3 is 2. The number of pyridine rings is 1. The van der Waals surface area contributed by atoms with Gasteiger partial charge in [-0.1, -0.05) is 6.07 Å². The quantitative estimate of drug-likeness (QED) is 0.689. The molecule has 2 atom stereocenters. The molecule has 8 heteroatoms. The van der Waals surface area contributed by atoms with E-state index in [0.29, 0.717) is 18.7 Å². The molecule has 1 aliphatic rings. The molecule has 124 valence electrons. The van der Waals surface area contributed by atoms with Gasteiger partial charge >= 0.3 is 5.97 Å². The lowest BCUT2D eigenvalue weighted by molar-refractivity contribution is -0.145. The molecule has 0 spiro atoms. The number of nitrogens with one attached hydrogen (secondary N) is 2. The summed E-state index contributed by atoms with van der Waals surface area (Å²) in [6.45, 7) is 0. The average molecular weight is 321 g/mol. The highest BCUT2D eigenvalue weighted by molar-refractivity contribution is 5.93. The third kappa shape index (κ3) is 4.41. The second-order valence-corrected chi connectivity index (χ2v) is 5.16. The second kappa shape index (κ2) is 7.57. The Morgan fingerprint density at radius 3 is 2.74 bits per heavy atom. The lowest BCUT2D eigenvalue weighted by atomic mass is 10.1. The highest BCUT2D eigenvalue weighted by atomic mass is 16.5. The van der Waals surface area contributed by atoms with Gasteiger partial charge in [0.1, 0.15) is 12.1 Å². The molecule has 0 aliphatic carbocycles. The van der Waals surface area contributed by atoms with Gasteiger partial charge in [-0.2, -0.15) is 0 Å². The molecule has 2 rings (SSSR count). The summed E-state index contributed by atoms with van der Waals surface area (Å²) in [5.74, 6) is -0.661. The maximum Gasteiger partial charge on any atom is 0.328 e. The SMILES string of the molecule is COC(=O)[C@@H](Cc1ccc(OC)nc1)NC(=O)[C@H]1CCC(=O)N1. The number of nitrogens with zero attached hydrogens (tertiary/aromatic N) is 1. The summed E-state index contributed by atoms with van der Waals surface area (Å²) in [4.78, 5) is 39.3. The van der Waals surface area contributed by atoms with Crippen LogP contribution in [0.2, 0.25) is 0 Å². The third-order valence-electron chi connectivity index (χ3n) is 3.56. The number of aromatic nitrogens is 1. The van der Waals surface area contributed by atoms with Crippen molar-refractivity contribution >= 4 is 17.8 Å². The Kier molecular flexibility index (Phi) is 5.51. The Morgan fingerprint density at radius 2 is 2.22 bits per heavy atom. The van der Waals surface area contributed by atoms with Crippen LogP contribution in [0.4, 0.5) is 0 Å². The lowest BCUT2D eigenvalue weighted by Crippen LogP contribution is -2.50. The largest absolute Gasteiger partial charge is 0.481 e. The van der Waals surface area contributed by atoms with Crippen molar-refractivity contribution in [1.29, 1.82) is 0 Å². The van der Waals surface area contributed by atoms with Gasteiger partial charge in [-0.25, -0.2) is 9.78 Å². The van der Waals surface area contributed by atoms with Gasteiger partial charge in [-0.05, 0) is 12.0 Å². The zero-order valence-corrected chi connectivity index (χ0v) is 13.0. The van der Waals surface area contributed by atoms with Crippen molar-refractivity contribution in [3.8, 4) is 5.88 Å². The van der Waals surface area contributed by atoms with Gasteiger partial charge in [-0.15, -0.1) is 0 Å². The molecule has 2 heterocycles. The molecule has 1 aromatic heterocycles. The molecule has 1 saturated heterocycles. The summed E-state index contributed by atoms with van der Waals surface area (Å²) in [6, 6.07) is 1.97. The minimum absolute atomic E-state index is 0.167. The van der Waals surface area contributed by atoms with Crippen LogP contribution in [0.25, 0.3) is 0 Å². The number of carbonyl (C=O) groups is 3. The molecular formula is C15H19N3O5. The first kappa shape index (κ1) is 16.7. The van der Waals surface area contributed by atoms with E-state index in [1.54, 1.807) is 18.3 Å². The highest BCUT2D eigenvalue weighted by Gasteiger charge is 2.30. The summed E-state index contributed by atoms with van der Waals surface area (Å²) in [5.41, 5.74) is 0.747. The number of carbonyl (C=O) groups excluding carboxylic acids is 3. The third-order valence-corrected chi connectivity index (χ3v) is 3.56. The Bertz CT molecular complexity index is 587. The minimum Gasteiger partial charge on any atom is -0.481 e. The van der Waals surface area contributed by atoms with Crippen molar-refractivity contribution in [3.63, 3.8) is 0 Å². The first-order valence-corrected chi connectivity index (χ1v) is 7.20. The van der Waals surface area contributed by atoms with Crippen LogP contribution in [0.15, 0.2) is 18.3 Å². The summed E-state index contributed by atoms with van der Waals surface area (Å²) in [6.07, 6.45) is 2.53. The van der Waals surface area contributed by atoms with Gasteiger partial charge in [0.25, 0.3) is 0 Å². The van der Waals surface area contributed by atoms with Crippen LogP contribution in [0.5, 0.6) is 5.88 Å². The van der Waals surface area contributed by atoms with Crippen LogP contribution < -0.4 is 15.4 Å². The molecule has 0 unspecified atom stereocenters. The Balaban J connectivity index is 2.02. The Morgan fingerprint density at radius 1 is 1.43 bits per heavy atom. The van der Waals surface area contributed by atoms with Crippen molar-refractivity contribution < 1.29 is 23.9 Å². The van der Waals surface area contributed by atoms with E-state index in [1.165, 1.54) is 14.2 Å². The van der Waals surface area contributed by atoms with E-state index in [9.17, 15) is 14.4 Å². The van der Waals surface area contributed by atoms with Crippen molar-refractivity contribution in [2.45, 2.75) is 31.3 Å². The van der Waals surface area contributed by atoms with Gasteiger partial charge in [0.2, 0.25) is 17.7 Å². The van der Waals surface area contributed by atoms with Crippen molar-refractivity contribution in [1.82, 2.24) is 15.6 Å². The summed E-state index contributed by atoms with van der Waals surface area (Å²) in [5, 5.41) is 5.18. The fraction of sp³-hybridized carbons (Fsp3) is 0.467. The number of hydrogen-bond acceptors (Lipinski definition) is 6. The predicted octanol–water partition coefficient (Wildman–Crippen LogP) is -0.431. The molecule has 8 nitrogen and oxygen atoms in total. The standard InChI is InChI=1S/C15H19N3O5/c1-22-13-6-3-9(8-16-13)7-11(15(21)23-2)18-14(20)10-4-5-12(19)17-10/h3,6,8,10-11H,4-5,7H2,1-2H3,(H,17,19)(H,18,20)/t10-,11-/m1/s1. The molecule has 2 N–H and O–H groups in total. The highest BCUT2D eigenvalue weighted by Crippen LogP contribution is 2.11. The zero-order valence-electron chi connectivity index (χ0n) is 13.0. The zero-order chi connectivity index (χ0) is 16.8. The molecule has 23 heavy (non-hydrogen) atoms. The van der Waals surface area contributed by atoms with Gasteiger partial charge in [0, 0.05) is 25.1 Å². The maximum atomic E-state index is 12.1. The Labute approximate surface area is 133 Å². The van der Waals surface area contributed by atoms with Crippen LogP contribution in [0.1, 0.15) is 18.4 Å². The van der Waals surface area contributed by atoms with E-state index in [1.807, 2.05) is 0 Å². The summed E-state index contributed by atoms with van der Waals surface area (Å²) < 4.78 is 9.70. The second-order valence-electron chi connectivity index (χ2n) is 5.16. The van der Waals surface area contributed by atoms with E-state index in [2.05, 4.69) is 15.6 Å². The Hall–Kier alpha value is -2.64. The number of ether oxygens (including phenoxy) is 2. The maximum absolute atomic E-state index is 12.1. The number of hydrogen-bond donors (Lipinski definition) is 2. The van der Waals surface area contributed by atoms with E-state index in [4.69, 9.17) is 9.47 Å². The topological polar surface area (TPSA) is 107 Å². The van der Waals surface area contributed by atoms with Gasteiger partial charge in [-0.3, -0.25) is 9.59 Å². The van der Waals surface area contributed by atoms with Gasteiger partial charge in [0.05, 0.1) is 14.2 Å². The average Bonchev–Trinajstić information content (AvgIpc) is 3.00. The predicted molar refractivity (Wildman–Crippen MR) is 79.6 cm³/mol. The lowest BCUT2D eigenvalue weighted by Gasteiger charge is -2.19. The molecule has 0 saturated carbocycles. The van der Waals surface area contributed by atoms with Crippen LogP contribution >= 0.6 is 0 Å². The molecule has 1 aromatic rings. The molecule has 2 amide bonds. The van der Waals surface area contributed by atoms with E-state index >= 15 is 0 Å². The molecule has 0 bridgehead atoms. The van der Waals surface area contributed by atoms with E-state index in [0.717, 1.165) is 5.56 Å². The van der Waals surface area contributed by atoms with Gasteiger partial charge < -0.3 is 20.1 Å². The van der Waals surface area contributed by atoms with E-state index in [-0.39, 0.29) is 12.3 Å². The smallest absolute Gasteiger partial charge is 0.328 e. The fourth-order valence-corrected chi connectivity index (χ4v) is 2.31. The first-order valence-electron chi connectivity index (χ1n) is 7.20. The molecule has 0 radical (unpaired) electrons. The summed E-state index contributed by atoms with van der Waals surface area (Å²) >= 11 is 0. The first-order chi connectivity index (χ1) is 11.0. The normalized spacial score (nSPS) is 18.0. The molecule has 0 aromatic carbocycles. The number of amides is 2. The number of esters is 1. The van der Waals surface area contributed by atoms with Crippen LogP contribution in [0, 0.1) is 0 Å². The minimum atomic E-state index is -0.847. The monoisotopic (exact) mass is 321 g/mol. The van der Waals surface area contributed by atoms with E-state index < -0.39 is 24.0 Å². The van der Waals surface area contributed by atoms with Crippen LogP contribution in [-0.4, -0.2) is 49.1 Å².